The molecule has 156 valence electrons. The van der Waals surface area contributed by atoms with E-state index in [-0.39, 0.29) is 18.0 Å². The number of carbonyl (C=O) groups is 1. The third-order valence-electron chi connectivity index (χ3n) is 6.63. The summed E-state index contributed by atoms with van der Waals surface area (Å²) in [5.41, 5.74) is 3.54. The Kier molecular flexibility index (Phi) is 3.96. The van der Waals surface area contributed by atoms with Gasteiger partial charge in [0.15, 0.2) is 5.65 Å². The number of piperazine rings is 1. The number of fused-ring (bicyclic) bond motifs is 3. The van der Waals surface area contributed by atoms with Crippen LogP contribution in [-0.2, 0) is 4.79 Å². The van der Waals surface area contributed by atoms with E-state index in [1.165, 1.54) is 0 Å². The second kappa shape index (κ2) is 6.74. The molecule has 0 aromatic carbocycles. The number of alkyl halides is 1. The van der Waals surface area contributed by atoms with Crippen molar-refractivity contribution in [3.63, 3.8) is 0 Å². The van der Waals surface area contributed by atoms with Gasteiger partial charge in [-0.25, -0.2) is 19.3 Å². The summed E-state index contributed by atoms with van der Waals surface area (Å²) in [6, 6.07) is 7.74. The lowest BCUT2D eigenvalue weighted by molar-refractivity contribution is -0.136. The molecule has 2 aliphatic heterocycles. The monoisotopic (exact) mass is 417 g/mol. The average Bonchev–Trinajstić information content (AvgIpc) is 3.25. The Morgan fingerprint density at radius 1 is 1.19 bits per heavy atom. The highest BCUT2D eigenvalue weighted by atomic mass is 19.1. The van der Waals surface area contributed by atoms with Crippen LogP contribution in [0, 0.1) is 17.2 Å². The van der Waals surface area contributed by atoms with Crippen molar-refractivity contribution in [2.75, 3.05) is 18.0 Å². The molecule has 1 N–H and O–H groups in total. The van der Waals surface area contributed by atoms with Crippen LogP contribution in [0.4, 0.5) is 10.1 Å². The molecule has 2 saturated heterocycles. The number of amides is 1. The molecule has 6 rings (SSSR count). The predicted molar refractivity (Wildman–Crippen MR) is 111 cm³/mol. The van der Waals surface area contributed by atoms with Gasteiger partial charge in [0.05, 0.1) is 11.6 Å². The van der Waals surface area contributed by atoms with Gasteiger partial charge in [0, 0.05) is 43.1 Å². The molecule has 5 heterocycles. The minimum atomic E-state index is -0.956. The Morgan fingerprint density at radius 3 is 2.65 bits per heavy atom. The summed E-state index contributed by atoms with van der Waals surface area (Å²) in [5.74, 6) is 0.207. The summed E-state index contributed by atoms with van der Waals surface area (Å²) < 4.78 is 13.5. The number of imidazole rings is 1. The third-order valence-corrected chi connectivity index (χ3v) is 6.63. The number of aromatic amines is 1. The van der Waals surface area contributed by atoms with Crippen LogP contribution >= 0.6 is 0 Å². The number of rotatable bonds is 3. The van der Waals surface area contributed by atoms with Crippen LogP contribution < -0.4 is 4.90 Å². The molecule has 1 amide bonds. The highest BCUT2D eigenvalue weighted by Crippen LogP contribution is 2.41. The number of H-pyrrole nitrogens is 1. The second-order valence-electron chi connectivity index (χ2n) is 8.55. The zero-order valence-electron chi connectivity index (χ0n) is 16.7. The fourth-order valence-electron chi connectivity index (χ4n) is 5.01. The quantitative estimate of drug-likeness (QED) is 0.702. The van der Waals surface area contributed by atoms with Crippen molar-refractivity contribution >= 4 is 22.8 Å². The first kappa shape index (κ1) is 18.2. The molecule has 31 heavy (non-hydrogen) atoms. The molecule has 3 aromatic rings. The Labute approximate surface area is 177 Å². The molecule has 2 unspecified atom stereocenters. The van der Waals surface area contributed by atoms with E-state index in [2.05, 4.69) is 24.8 Å². The molecule has 3 aliphatic rings. The molecule has 0 spiro atoms. The zero-order valence-corrected chi connectivity index (χ0v) is 16.7. The fraction of sp³-hybridized carbons (Fsp3) is 0.409. The van der Waals surface area contributed by atoms with Gasteiger partial charge in [-0.1, -0.05) is 0 Å². The molecular weight excluding hydrogens is 397 g/mol. The Morgan fingerprint density at radius 2 is 1.94 bits per heavy atom. The van der Waals surface area contributed by atoms with Crippen LogP contribution in [-0.4, -0.2) is 62.1 Å². The lowest BCUT2D eigenvalue weighted by atomic mass is 10.1. The molecule has 2 bridgehead atoms. The van der Waals surface area contributed by atoms with Crippen molar-refractivity contribution in [2.24, 2.45) is 5.92 Å². The molecule has 0 radical (unpaired) electrons. The minimum Gasteiger partial charge on any atom is -0.366 e. The smallest absolute Gasteiger partial charge is 0.229 e. The second-order valence-corrected chi connectivity index (χ2v) is 8.55. The number of anilines is 1. The molecule has 3 aromatic heterocycles. The molecular formula is C22H20FN7O. The van der Waals surface area contributed by atoms with Crippen LogP contribution in [0.2, 0.25) is 0 Å². The van der Waals surface area contributed by atoms with E-state index in [0.717, 1.165) is 29.6 Å². The third kappa shape index (κ3) is 2.93. The summed E-state index contributed by atoms with van der Waals surface area (Å²) >= 11 is 0. The highest BCUT2D eigenvalue weighted by molar-refractivity contribution is 5.89. The molecule has 1 aliphatic carbocycles. The summed E-state index contributed by atoms with van der Waals surface area (Å²) in [7, 11) is 0. The summed E-state index contributed by atoms with van der Waals surface area (Å²) in [4.78, 5) is 33.3. The van der Waals surface area contributed by atoms with E-state index in [1.807, 2.05) is 17.0 Å². The van der Waals surface area contributed by atoms with Crippen molar-refractivity contribution in [3.05, 3.63) is 36.3 Å². The van der Waals surface area contributed by atoms with E-state index >= 15 is 0 Å². The maximum Gasteiger partial charge on any atom is 0.229 e. The van der Waals surface area contributed by atoms with Gasteiger partial charge in [-0.05, 0) is 37.5 Å². The number of hydrogen-bond donors (Lipinski definition) is 1. The van der Waals surface area contributed by atoms with Crippen LogP contribution in [0.15, 0.2) is 30.6 Å². The van der Waals surface area contributed by atoms with Gasteiger partial charge in [0.25, 0.3) is 0 Å². The SMILES string of the molecule is N#Cc1cc(-c2nc3nccc(N4CC5CCC(C4)N5C(=O)[C@@H]4C[C@H]4F)c3[nH]2)ccn1. The Hall–Kier alpha value is -3.54. The molecule has 3 fully saturated rings. The number of halogens is 1. The van der Waals surface area contributed by atoms with Crippen LogP contribution in [0.1, 0.15) is 25.0 Å². The normalized spacial score (nSPS) is 26.8. The number of aromatic nitrogens is 4. The topological polar surface area (TPSA) is 102 Å². The van der Waals surface area contributed by atoms with Crippen LogP contribution in [0.5, 0.6) is 0 Å². The Bertz CT molecular complexity index is 1220. The van der Waals surface area contributed by atoms with Crippen LogP contribution in [0.3, 0.4) is 0 Å². The van der Waals surface area contributed by atoms with E-state index in [4.69, 9.17) is 5.26 Å². The number of nitrogens with zero attached hydrogens (tertiary/aromatic N) is 6. The first-order valence-corrected chi connectivity index (χ1v) is 10.5. The van der Waals surface area contributed by atoms with Gasteiger partial charge in [-0.3, -0.25) is 4.79 Å². The van der Waals surface area contributed by atoms with Crippen molar-refractivity contribution < 1.29 is 9.18 Å². The number of pyridine rings is 2. The number of carbonyl (C=O) groups excluding carboxylic acids is 1. The number of nitrogens with one attached hydrogen (secondary N) is 1. The first-order valence-electron chi connectivity index (χ1n) is 10.5. The number of nitriles is 1. The first-order chi connectivity index (χ1) is 15.1. The predicted octanol–water partition coefficient (Wildman–Crippen LogP) is 2.43. The lowest BCUT2D eigenvalue weighted by Gasteiger charge is -2.42. The van der Waals surface area contributed by atoms with E-state index in [1.54, 1.807) is 24.5 Å². The Balaban J connectivity index is 1.31. The largest absolute Gasteiger partial charge is 0.366 e. The standard InChI is InChI=1S/C22H20FN7O/c23-17-8-16(17)22(31)30-14-1-2-15(30)11-29(10-14)18-4-6-26-21-19(18)27-20(28-21)12-3-5-25-13(7-12)9-24/h3-7,14-17H,1-2,8,10-11H2,(H,26,27,28)/t14?,15?,16-,17-/m1/s1. The fourth-order valence-corrected chi connectivity index (χ4v) is 5.01. The van der Waals surface area contributed by atoms with Crippen molar-refractivity contribution in [1.82, 2.24) is 24.8 Å². The van der Waals surface area contributed by atoms with E-state index in [9.17, 15) is 9.18 Å². The van der Waals surface area contributed by atoms with E-state index < -0.39 is 12.1 Å². The van der Waals surface area contributed by atoms with Gasteiger partial charge < -0.3 is 14.8 Å². The van der Waals surface area contributed by atoms with Gasteiger partial charge in [-0.2, -0.15) is 5.26 Å². The molecule has 9 heteroatoms. The van der Waals surface area contributed by atoms with Crippen molar-refractivity contribution in [2.45, 2.75) is 37.5 Å². The summed E-state index contributed by atoms with van der Waals surface area (Å²) in [6.07, 6.45) is 4.66. The van der Waals surface area contributed by atoms with E-state index in [0.29, 0.717) is 36.7 Å². The average molecular weight is 417 g/mol. The molecule has 8 nitrogen and oxygen atoms in total. The van der Waals surface area contributed by atoms with Crippen LogP contribution in [0.25, 0.3) is 22.6 Å². The summed E-state index contributed by atoms with van der Waals surface area (Å²) in [6.45, 7) is 1.43. The van der Waals surface area contributed by atoms with Crippen molar-refractivity contribution in [1.29, 1.82) is 5.26 Å². The van der Waals surface area contributed by atoms with Gasteiger partial charge >= 0.3 is 0 Å². The van der Waals surface area contributed by atoms with Gasteiger partial charge in [0.2, 0.25) is 5.91 Å². The zero-order chi connectivity index (χ0) is 21.1. The minimum absolute atomic E-state index is 0.00524. The van der Waals surface area contributed by atoms with Gasteiger partial charge in [-0.15, -0.1) is 0 Å². The maximum atomic E-state index is 13.5. The number of hydrogen-bond acceptors (Lipinski definition) is 6. The molecule has 1 saturated carbocycles. The summed E-state index contributed by atoms with van der Waals surface area (Å²) in [5, 5.41) is 9.12. The maximum absolute atomic E-state index is 13.5. The highest BCUT2D eigenvalue weighted by Gasteiger charge is 2.51. The lowest BCUT2D eigenvalue weighted by Crippen LogP contribution is -2.56. The van der Waals surface area contributed by atoms with Gasteiger partial charge in [0.1, 0.15) is 29.3 Å². The molecule has 4 atom stereocenters. The van der Waals surface area contributed by atoms with Crippen molar-refractivity contribution in [3.8, 4) is 17.5 Å².